The van der Waals surface area contributed by atoms with E-state index < -0.39 is 5.97 Å². The van der Waals surface area contributed by atoms with Crippen molar-refractivity contribution in [2.45, 2.75) is 18.7 Å². The topological polar surface area (TPSA) is 59.0 Å². The van der Waals surface area contributed by atoms with E-state index in [9.17, 15) is 9.59 Å². The maximum Gasteiger partial charge on any atom is 0.338 e. The number of thioether (sulfide) groups is 2. The Bertz CT molecular complexity index is 945. The highest BCUT2D eigenvalue weighted by molar-refractivity contribution is 8.38. The van der Waals surface area contributed by atoms with E-state index in [4.69, 9.17) is 4.74 Å². The van der Waals surface area contributed by atoms with E-state index in [-0.39, 0.29) is 12.5 Å². The summed E-state index contributed by atoms with van der Waals surface area (Å²) in [6, 6.07) is 15.5. The molecular formula is C22H22N2O3S2. The molecule has 2 aliphatic heterocycles. The molecule has 2 aromatic carbocycles. The number of rotatable bonds is 5. The Balaban J connectivity index is 1.33. The van der Waals surface area contributed by atoms with Crippen molar-refractivity contribution in [2.75, 3.05) is 25.4 Å². The monoisotopic (exact) mass is 426 g/mol. The zero-order chi connectivity index (χ0) is 20.1. The van der Waals surface area contributed by atoms with Crippen LogP contribution in [0.3, 0.4) is 0 Å². The van der Waals surface area contributed by atoms with Gasteiger partial charge in [-0.15, -0.1) is 0 Å². The number of fused-ring (bicyclic) bond motifs is 1. The lowest BCUT2D eigenvalue weighted by Gasteiger charge is -2.28. The first-order chi connectivity index (χ1) is 14.2. The van der Waals surface area contributed by atoms with Gasteiger partial charge in [-0.25, -0.2) is 4.79 Å². The van der Waals surface area contributed by atoms with Crippen LogP contribution in [0.5, 0.6) is 0 Å². The summed E-state index contributed by atoms with van der Waals surface area (Å²) in [6.07, 6.45) is 0.831. The Morgan fingerprint density at radius 1 is 1.10 bits per heavy atom. The highest BCUT2D eigenvalue weighted by Crippen LogP contribution is 2.26. The summed E-state index contributed by atoms with van der Waals surface area (Å²) < 4.78 is 6.43. The van der Waals surface area contributed by atoms with Crippen LogP contribution in [0.1, 0.15) is 27.0 Å². The van der Waals surface area contributed by atoms with Gasteiger partial charge >= 0.3 is 5.97 Å². The van der Waals surface area contributed by atoms with Crippen LogP contribution in [0.25, 0.3) is 0 Å². The molecule has 0 atom stereocenters. The maximum atomic E-state index is 12.6. The minimum absolute atomic E-state index is 0.156. The number of carbonyl (C=O) groups excluding carboxylic acids is 2. The highest BCUT2D eigenvalue weighted by atomic mass is 32.2. The van der Waals surface area contributed by atoms with Gasteiger partial charge in [-0.3, -0.25) is 9.79 Å². The predicted molar refractivity (Wildman–Crippen MR) is 118 cm³/mol. The summed E-state index contributed by atoms with van der Waals surface area (Å²) in [5.41, 5.74) is 3.86. The van der Waals surface area contributed by atoms with Crippen molar-refractivity contribution in [3.63, 3.8) is 0 Å². The van der Waals surface area contributed by atoms with Gasteiger partial charge < -0.3 is 9.64 Å². The lowest BCUT2D eigenvalue weighted by atomic mass is 10.00. The summed E-state index contributed by atoms with van der Waals surface area (Å²) in [5.74, 6) is 1.08. The fourth-order valence-corrected chi connectivity index (χ4v) is 5.41. The molecule has 0 saturated carbocycles. The van der Waals surface area contributed by atoms with Crippen LogP contribution in [-0.4, -0.2) is 46.6 Å². The Labute approximate surface area is 178 Å². The second-order valence-corrected chi connectivity index (χ2v) is 9.16. The summed E-state index contributed by atoms with van der Waals surface area (Å²) in [4.78, 5) is 31.3. The minimum atomic E-state index is -0.451. The number of benzene rings is 2. The molecule has 150 valence electrons. The van der Waals surface area contributed by atoms with Gasteiger partial charge in [0.15, 0.2) is 6.61 Å². The van der Waals surface area contributed by atoms with Gasteiger partial charge in [0, 0.05) is 24.6 Å². The molecule has 4 rings (SSSR count). The minimum Gasteiger partial charge on any atom is -0.452 e. The summed E-state index contributed by atoms with van der Waals surface area (Å²) in [6.45, 7) is 1.85. The third-order valence-corrected chi connectivity index (χ3v) is 7.26. The van der Waals surface area contributed by atoms with Crippen LogP contribution in [-0.2, 0) is 28.2 Å². The summed E-state index contributed by atoms with van der Waals surface area (Å²) in [5, 5.41) is 0. The maximum absolute atomic E-state index is 12.6. The van der Waals surface area contributed by atoms with E-state index in [2.05, 4.69) is 11.1 Å². The Hall–Kier alpha value is -2.25. The molecule has 2 heterocycles. The van der Waals surface area contributed by atoms with Crippen LogP contribution in [0.4, 0.5) is 0 Å². The smallest absolute Gasteiger partial charge is 0.338 e. The third-order valence-electron chi connectivity index (χ3n) is 4.96. The average molecular weight is 427 g/mol. The molecular weight excluding hydrogens is 404 g/mol. The van der Waals surface area contributed by atoms with Gasteiger partial charge in [-0.05, 0) is 29.2 Å². The Morgan fingerprint density at radius 2 is 1.90 bits per heavy atom. The molecule has 29 heavy (non-hydrogen) atoms. The van der Waals surface area contributed by atoms with Gasteiger partial charge in [-0.2, -0.15) is 0 Å². The van der Waals surface area contributed by atoms with Gasteiger partial charge in [0.1, 0.15) is 4.38 Å². The first kappa shape index (κ1) is 20.0. The van der Waals surface area contributed by atoms with E-state index in [0.29, 0.717) is 24.4 Å². The number of nitrogens with zero attached hydrogens (tertiary/aromatic N) is 2. The van der Waals surface area contributed by atoms with Gasteiger partial charge in [0.25, 0.3) is 5.91 Å². The van der Waals surface area contributed by atoms with Crippen molar-refractivity contribution in [1.29, 1.82) is 0 Å². The van der Waals surface area contributed by atoms with Gasteiger partial charge in [0.05, 0.1) is 12.1 Å². The molecule has 0 saturated heterocycles. The number of hydrogen-bond donors (Lipinski definition) is 0. The highest BCUT2D eigenvalue weighted by Gasteiger charge is 2.22. The second kappa shape index (κ2) is 9.50. The fourth-order valence-electron chi connectivity index (χ4n) is 3.39. The van der Waals surface area contributed by atoms with Gasteiger partial charge in [0.2, 0.25) is 0 Å². The van der Waals surface area contributed by atoms with Crippen LogP contribution >= 0.6 is 23.5 Å². The number of aliphatic imine (C=N–C) groups is 1. The number of hydrogen-bond acceptors (Lipinski definition) is 6. The van der Waals surface area contributed by atoms with E-state index in [0.717, 1.165) is 34.2 Å². The molecule has 7 heteroatoms. The number of ether oxygens (including phenoxy) is 1. The van der Waals surface area contributed by atoms with Crippen LogP contribution in [0, 0.1) is 0 Å². The SMILES string of the molecule is O=C(OCC(=O)N1CCc2ccccc2C1)c1ccccc1CSC1=NCCS1. The molecule has 0 unspecified atom stereocenters. The quantitative estimate of drug-likeness (QED) is 0.682. The third kappa shape index (κ3) is 5.03. The number of amides is 1. The van der Waals surface area contributed by atoms with Crippen LogP contribution < -0.4 is 0 Å². The standard InChI is InChI=1S/C22H22N2O3S2/c25-20(24-11-9-16-5-1-2-6-17(16)13-24)14-27-21(26)19-8-4-3-7-18(19)15-29-22-23-10-12-28-22/h1-8H,9-15H2. The van der Waals surface area contributed by atoms with E-state index in [1.165, 1.54) is 5.56 Å². The van der Waals surface area contributed by atoms with E-state index in [1.807, 2.05) is 36.4 Å². The van der Waals surface area contributed by atoms with Crippen molar-refractivity contribution in [1.82, 2.24) is 4.90 Å². The van der Waals surface area contributed by atoms with Crippen molar-refractivity contribution in [3.05, 3.63) is 70.8 Å². The zero-order valence-corrected chi connectivity index (χ0v) is 17.6. The molecule has 0 N–H and O–H groups in total. The molecule has 0 aliphatic carbocycles. The lowest BCUT2D eigenvalue weighted by Crippen LogP contribution is -2.38. The average Bonchev–Trinajstić information content (AvgIpc) is 3.29. The molecule has 0 fully saturated rings. The number of esters is 1. The van der Waals surface area contributed by atoms with Crippen molar-refractivity contribution < 1.29 is 14.3 Å². The molecule has 1 amide bonds. The summed E-state index contributed by atoms with van der Waals surface area (Å²) >= 11 is 3.39. The second-order valence-electron chi connectivity index (χ2n) is 6.85. The molecule has 0 spiro atoms. The molecule has 0 bridgehead atoms. The van der Waals surface area contributed by atoms with Crippen molar-refractivity contribution >= 4 is 39.8 Å². The first-order valence-corrected chi connectivity index (χ1v) is 11.6. The molecule has 2 aromatic rings. The number of carbonyl (C=O) groups is 2. The predicted octanol–water partition coefficient (Wildman–Crippen LogP) is 3.76. The lowest BCUT2D eigenvalue weighted by molar-refractivity contribution is -0.135. The Kier molecular flexibility index (Phi) is 6.56. The van der Waals surface area contributed by atoms with Crippen LogP contribution in [0.15, 0.2) is 53.5 Å². The largest absolute Gasteiger partial charge is 0.452 e. The van der Waals surface area contributed by atoms with E-state index in [1.54, 1.807) is 34.5 Å². The fraction of sp³-hybridized carbons (Fsp3) is 0.318. The molecule has 5 nitrogen and oxygen atoms in total. The van der Waals surface area contributed by atoms with Gasteiger partial charge in [-0.1, -0.05) is 66.0 Å². The zero-order valence-electron chi connectivity index (χ0n) is 16.0. The first-order valence-electron chi connectivity index (χ1n) is 9.60. The van der Waals surface area contributed by atoms with Crippen molar-refractivity contribution in [3.8, 4) is 0 Å². The normalized spacial score (nSPS) is 15.6. The van der Waals surface area contributed by atoms with Crippen LogP contribution in [0.2, 0.25) is 0 Å². The molecule has 0 aromatic heterocycles. The molecule has 2 aliphatic rings. The summed E-state index contributed by atoms with van der Waals surface area (Å²) in [7, 11) is 0. The van der Waals surface area contributed by atoms with E-state index >= 15 is 0 Å². The van der Waals surface area contributed by atoms with Crippen molar-refractivity contribution in [2.24, 2.45) is 4.99 Å². The Morgan fingerprint density at radius 3 is 2.72 bits per heavy atom. The molecule has 0 radical (unpaired) electrons.